The molecule has 0 saturated carbocycles. The third-order valence-electron chi connectivity index (χ3n) is 3.72. The highest BCUT2D eigenvalue weighted by Gasteiger charge is 2.14. The van der Waals surface area contributed by atoms with Crippen molar-refractivity contribution in [1.29, 1.82) is 0 Å². The highest BCUT2D eigenvalue weighted by atomic mass is 19.1. The molecule has 1 amide bonds. The van der Waals surface area contributed by atoms with Crippen molar-refractivity contribution < 1.29 is 23.5 Å². The van der Waals surface area contributed by atoms with Gasteiger partial charge < -0.3 is 20.1 Å². The van der Waals surface area contributed by atoms with Gasteiger partial charge in [0.1, 0.15) is 18.2 Å². The molecule has 0 unspecified atom stereocenters. The molecule has 7 heteroatoms. The molecular weight excluding hydrogens is 351 g/mol. The average molecular weight is 374 g/mol. The Bertz CT molecular complexity index is 778. The Labute approximate surface area is 157 Å². The number of ether oxygens (including phenoxy) is 2. The Morgan fingerprint density at radius 3 is 2.52 bits per heavy atom. The second-order valence-electron chi connectivity index (χ2n) is 5.69. The number of rotatable bonds is 9. The van der Waals surface area contributed by atoms with E-state index in [2.05, 4.69) is 10.6 Å². The van der Waals surface area contributed by atoms with E-state index in [0.29, 0.717) is 23.5 Å². The number of carbonyl (C=O) groups is 2. The summed E-state index contributed by atoms with van der Waals surface area (Å²) >= 11 is 0. The predicted molar refractivity (Wildman–Crippen MR) is 99.4 cm³/mol. The zero-order valence-electron chi connectivity index (χ0n) is 15.4. The first-order valence-electron chi connectivity index (χ1n) is 8.66. The summed E-state index contributed by atoms with van der Waals surface area (Å²) < 4.78 is 24.1. The van der Waals surface area contributed by atoms with Crippen LogP contribution in [0.4, 0.5) is 4.39 Å². The molecule has 2 aromatic carbocycles. The number of hydrogen-bond donors (Lipinski definition) is 2. The standard InChI is InChI=1S/C20H23FN2O4/c1-3-26-20(25)17-12-14(4-9-18(17)21)13-23-19(24)15-5-7-16(8-6-15)27-11-10-22-2/h4-9,12,22H,3,10-11,13H2,1-2H3,(H,23,24). The maximum atomic E-state index is 13.8. The van der Waals surface area contributed by atoms with Crippen LogP contribution in [0.1, 0.15) is 33.2 Å². The Balaban J connectivity index is 1.95. The van der Waals surface area contributed by atoms with Gasteiger partial charge in [-0.1, -0.05) is 6.07 Å². The Morgan fingerprint density at radius 1 is 1.11 bits per heavy atom. The van der Waals surface area contributed by atoms with Gasteiger partial charge in [0.15, 0.2) is 0 Å². The number of benzene rings is 2. The lowest BCUT2D eigenvalue weighted by atomic mass is 10.1. The van der Waals surface area contributed by atoms with Gasteiger partial charge in [-0.05, 0) is 55.9 Å². The molecule has 0 aliphatic heterocycles. The van der Waals surface area contributed by atoms with Crippen LogP contribution in [0.15, 0.2) is 42.5 Å². The third kappa shape index (κ3) is 6.07. The highest BCUT2D eigenvalue weighted by Crippen LogP contribution is 2.14. The van der Waals surface area contributed by atoms with Crippen LogP contribution in [0.3, 0.4) is 0 Å². The number of halogens is 1. The Kier molecular flexibility index (Phi) is 7.76. The first kappa shape index (κ1) is 20.4. The molecule has 0 aliphatic rings. The summed E-state index contributed by atoms with van der Waals surface area (Å²) in [7, 11) is 1.84. The summed E-state index contributed by atoms with van der Waals surface area (Å²) in [5, 5.41) is 5.72. The van der Waals surface area contributed by atoms with Gasteiger partial charge >= 0.3 is 5.97 Å². The minimum atomic E-state index is -0.725. The van der Waals surface area contributed by atoms with E-state index in [4.69, 9.17) is 9.47 Å². The SMILES string of the molecule is CCOC(=O)c1cc(CNC(=O)c2ccc(OCCNC)cc2)ccc1F. The van der Waals surface area contributed by atoms with E-state index in [1.165, 1.54) is 18.2 Å². The molecule has 0 bridgehead atoms. The van der Waals surface area contributed by atoms with Crippen LogP contribution in [0.5, 0.6) is 5.75 Å². The van der Waals surface area contributed by atoms with E-state index in [9.17, 15) is 14.0 Å². The first-order chi connectivity index (χ1) is 13.0. The van der Waals surface area contributed by atoms with Crippen molar-refractivity contribution in [3.63, 3.8) is 0 Å². The van der Waals surface area contributed by atoms with Gasteiger partial charge in [-0.25, -0.2) is 9.18 Å². The predicted octanol–water partition coefficient (Wildman–Crippen LogP) is 2.53. The summed E-state index contributed by atoms with van der Waals surface area (Å²) in [6, 6.07) is 10.9. The van der Waals surface area contributed by atoms with E-state index in [0.717, 1.165) is 6.54 Å². The molecule has 0 aromatic heterocycles. The third-order valence-corrected chi connectivity index (χ3v) is 3.72. The molecule has 0 radical (unpaired) electrons. The number of esters is 1. The van der Waals surface area contributed by atoms with Crippen molar-refractivity contribution in [1.82, 2.24) is 10.6 Å². The molecule has 0 fully saturated rings. The average Bonchev–Trinajstić information content (AvgIpc) is 2.68. The monoisotopic (exact) mass is 374 g/mol. The molecule has 0 atom stereocenters. The molecular formula is C20H23FN2O4. The van der Waals surface area contributed by atoms with Gasteiger partial charge in [-0.3, -0.25) is 4.79 Å². The van der Waals surface area contributed by atoms with Crippen molar-refractivity contribution in [2.45, 2.75) is 13.5 Å². The lowest BCUT2D eigenvalue weighted by Gasteiger charge is -2.09. The summed E-state index contributed by atoms with van der Waals surface area (Å²) in [6.45, 7) is 3.24. The van der Waals surface area contributed by atoms with E-state index in [-0.39, 0.29) is 24.6 Å². The van der Waals surface area contributed by atoms with Crippen molar-refractivity contribution in [2.75, 3.05) is 26.8 Å². The minimum absolute atomic E-state index is 0.147. The zero-order valence-corrected chi connectivity index (χ0v) is 15.4. The smallest absolute Gasteiger partial charge is 0.341 e. The van der Waals surface area contributed by atoms with E-state index < -0.39 is 11.8 Å². The molecule has 2 rings (SSSR count). The fourth-order valence-corrected chi connectivity index (χ4v) is 2.31. The van der Waals surface area contributed by atoms with Crippen LogP contribution in [-0.2, 0) is 11.3 Å². The van der Waals surface area contributed by atoms with Crippen molar-refractivity contribution in [2.24, 2.45) is 0 Å². The topological polar surface area (TPSA) is 76.7 Å². The number of amides is 1. The van der Waals surface area contributed by atoms with E-state index >= 15 is 0 Å². The lowest BCUT2D eigenvalue weighted by Crippen LogP contribution is -2.23. The maximum absolute atomic E-state index is 13.8. The number of carbonyl (C=O) groups excluding carboxylic acids is 2. The van der Waals surface area contributed by atoms with Gasteiger partial charge in [-0.15, -0.1) is 0 Å². The van der Waals surface area contributed by atoms with Crippen LogP contribution < -0.4 is 15.4 Å². The van der Waals surface area contributed by atoms with Gasteiger partial charge in [0.2, 0.25) is 0 Å². The molecule has 2 aromatic rings. The van der Waals surface area contributed by atoms with Crippen LogP contribution in [0.25, 0.3) is 0 Å². The quantitative estimate of drug-likeness (QED) is 0.521. The lowest BCUT2D eigenvalue weighted by molar-refractivity contribution is 0.0521. The number of hydrogen-bond acceptors (Lipinski definition) is 5. The summed E-state index contributed by atoms with van der Waals surface area (Å²) in [4.78, 5) is 24.0. The number of nitrogens with one attached hydrogen (secondary N) is 2. The fourth-order valence-electron chi connectivity index (χ4n) is 2.31. The largest absolute Gasteiger partial charge is 0.492 e. The molecule has 6 nitrogen and oxygen atoms in total. The Morgan fingerprint density at radius 2 is 1.85 bits per heavy atom. The van der Waals surface area contributed by atoms with Crippen LogP contribution in [-0.4, -0.2) is 38.7 Å². The maximum Gasteiger partial charge on any atom is 0.341 e. The van der Waals surface area contributed by atoms with Gasteiger partial charge in [0.25, 0.3) is 5.91 Å². The summed E-state index contributed by atoms with van der Waals surface area (Å²) in [5.74, 6) is -0.979. The normalized spacial score (nSPS) is 10.3. The highest BCUT2D eigenvalue weighted by molar-refractivity contribution is 5.94. The zero-order chi connectivity index (χ0) is 19.6. The first-order valence-corrected chi connectivity index (χ1v) is 8.66. The van der Waals surface area contributed by atoms with Crippen molar-refractivity contribution >= 4 is 11.9 Å². The molecule has 0 saturated heterocycles. The Hall–Kier alpha value is -2.93. The van der Waals surface area contributed by atoms with Gasteiger partial charge in [-0.2, -0.15) is 0 Å². The van der Waals surface area contributed by atoms with Gasteiger partial charge in [0.05, 0.1) is 12.2 Å². The molecule has 0 heterocycles. The van der Waals surface area contributed by atoms with Gasteiger partial charge in [0, 0.05) is 18.7 Å². The van der Waals surface area contributed by atoms with E-state index in [1.54, 1.807) is 31.2 Å². The van der Waals surface area contributed by atoms with Crippen molar-refractivity contribution in [3.05, 3.63) is 65.0 Å². The van der Waals surface area contributed by atoms with Crippen LogP contribution in [0.2, 0.25) is 0 Å². The summed E-state index contributed by atoms with van der Waals surface area (Å²) in [5.41, 5.74) is 0.926. The van der Waals surface area contributed by atoms with Crippen molar-refractivity contribution in [3.8, 4) is 5.75 Å². The molecule has 144 valence electrons. The molecule has 0 spiro atoms. The van der Waals surface area contributed by atoms with Crippen LogP contribution in [0, 0.1) is 5.82 Å². The fraction of sp³-hybridized carbons (Fsp3) is 0.300. The molecule has 27 heavy (non-hydrogen) atoms. The second-order valence-corrected chi connectivity index (χ2v) is 5.69. The second kappa shape index (κ2) is 10.3. The van der Waals surface area contributed by atoms with E-state index in [1.807, 2.05) is 7.05 Å². The molecule has 0 aliphatic carbocycles. The minimum Gasteiger partial charge on any atom is -0.492 e. The molecule has 2 N–H and O–H groups in total. The van der Waals surface area contributed by atoms with Crippen LogP contribution >= 0.6 is 0 Å². The number of likely N-dealkylation sites (N-methyl/N-ethyl adjacent to an activating group) is 1. The summed E-state index contributed by atoms with van der Waals surface area (Å²) in [6.07, 6.45) is 0.